The van der Waals surface area contributed by atoms with Gasteiger partial charge < -0.3 is 5.32 Å². The summed E-state index contributed by atoms with van der Waals surface area (Å²) in [6, 6.07) is 25.9. The molecule has 0 aliphatic heterocycles. The summed E-state index contributed by atoms with van der Waals surface area (Å²) in [5.74, 6) is 0.0520. The molecule has 0 bridgehead atoms. The molecule has 3 aromatic rings. The zero-order chi connectivity index (χ0) is 15.4. The highest BCUT2D eigenvalue weighted by Gasteiger charge is 2.09. The molecule has 0 saturated carbocycles. The average molecular weight is 287 g/mol. The van der Waals surface area contributed by atoms with Gasteiger partial charge in [0.2, 0.25) is 0 Å². The Labute approximate surface area is 130 Å². The molecule has 3 rings (SSSR count). The fourth-order valence-electron chi connectivity index (χ4n) is 2.43. The minimum Gasteiger partial charge on any atom is -0.355 e. The van der Waals surface area contributed by atoms with Crippen LogP contribution in [-0.2, 0) is 0 Å². The number of carbonyl (C=O) groups excluding carboxylic acids is 1. The van der Waals surface area contributed by atoms with E-state index in [1.165, 1.54) is 0 Å². The minimum atomic E-state index is 0.0520. The van der Waals surface area contributed by atoms with Gasteiger partial charge in [0, 0.05) is 16.9 Å². The topological polar surface area (TPSA) is 29.1 Å². The molecule has 0 aliphatic carbocycles. The highest BCUT2D eigenvalue weighted by molar-refractivity contribution is 6.01. The Morgan fingerprint density at radius 3 is 2.05 bits per heavy atom. The highest BCUT2D eigenvalue weighted by atomic mass is 16.1. The van der Waals surface area contributed by atoms with Gasteiger partial charge in [-0.1, -0.05) is 54.6 Å². The van der Waals surface area contributed by atoms with Crippen molar-refractivity contribution in [3.63, 3.8) is 0 Å². The van der Waals surface area contributed by atoms with E-state index in [1.807, 2.05) is 78.9 Å². The first kappa shape index (κ1) is 14.1. The fourth-order valence-corrected chi connectivity index (χ4v) is 2.43. The first-order valence-corrected chi connectivity index (χ1v) is 7.26. The maximum absolute atomic E-state index is 12.0. The summed E-state index contributed by atoms with van der Waals surface area (Å²) in [5.41, 5.74) is 4.65. The molecule has 0 aromatic heterocycles. The Balaban J connectivity index is 2.00. The van der Waals surface area contributed by atoms with Gasteiger partial charge in [0.25, 0.3) is 0 Å². The van der Waals surface area contributed by atoms with E-state index in [9.17, 15) is 4.79 Å². The number of hydrogen-bond acceptors (Lipinski definition) is 2. The molecule has 0 unspecified atom stereocenters. The van der Waals surface area contributed by atoms with E-state index in [0.717, 1.165) is 22.5 Å². The molecular formula is C20H17NO. The number of rotatable bonds is 4. The zero-order valence-corrected chi connectivity index (χ0v) is 12.4. The molecule has 0 spiro atoms. The monoisotopic (exact) mass is 287 g/mol. The van der Waals surface area contributed by atoms with Gasteiger partial charge in [0.1, 0.15) is 0 Å². The molecule has 22 heavy (non-hydrogen) atoms. The van der Waals surface area contributed by atoms with Gasteiger partial charge in [-0.05, 0) is 42.3 Å². The normalized spacial score (nSPS) is 10.2. The van der Waals surface area contributed by atoms with Crippen molar-refractivity contribution >= 4 is 17.2 Å². The molecule has 0 amide bonds. The Hall–Kier alpha value is -2.87. The average Bonchev–Trinajstić information content (AvgIpc) is 2.57. The van der Waals surface area contributed by atoms with E-state index in [0.29, 0.717) is 5.56 Å². The van der Waals surface area contributed by atoms with Crippen LogP contribution in [0.1, 0.15) is 17.3 Å². The van der Waals surface area contributed by atoms with Crippen molar-refractivity contribution < 1.29 is 4.79 Å². The molecule has 0 radical (unpaired) electrons. The molecule has 108 valence electrons. The van der Waals surface area contributed by atoms with E-state index >= 15 is 0 Å². The lowest BCUT2D eigenvalue weighted by molar-refractivity contribution is 0.101. The van der Waals surface area contributed by atoms with Gasteiger partial charge >= 0.3 is 0 Å². The Kier molecular flexibility index (Phi) is 4.01. The molecule has 0 aliphatic rings. The summed E-state index contributed by atoms with van der Waals surface area (Å²) in [5, 5.41) is 3.31. The first-order chi connectivity index (χ1) is 10.7. The minimum absolute atomic E-state index is 0.0520. The van der Waals surface area contributed by atoms with Gasteiger partial charge in [-0.2, -0.15) is 0 Å². The number of nitrogens with one attached hydrogen (secondary N) is 1. The standard InChI is InChI=1S/C20H17NO/c1-15(22)19-14-17(16-8-4-2-5-9-16)12-13-20(19)21-18-10-6-3-7-11-18/h2-14,21H,1H3. The maximum Gasteiger partial charge on any atom is 0.161 e. The second-order valence-corrected chi connectivity index (χ2v) is 5.17. The summed E-state index contributed by atoms with van der Waals surface area (Å²) >= 11 is 0. The van der Waals surface area contributed by atoms with Crippen molar-refractivity contribution in [3.8, 4) is 11.1 Å². The Bertz CT molecular complexity index is 779. The number of Topliss-reactive ketones (excluding diaryl/α,β-unsaturated/α-hetero) is 1. The van der Waals surface area contributed by atoms with Gasteiger partial charge in [0.05, 0.1) is 0 Å². The van der Waals surface area contributed by atoms with Crippen LogP contribution in [0.25, 0.3) is 11.1 Å². The van der Waals surface area contributed by atoms with Crippen molar-refractivity contribution in [2.24, 2.45) is 0 Å². The molecule has 2 nitrogen and oxygen atoms in total. The Morgan fingerprint density at radius 2 is 1.41 bits per heavy atom. The quantitative estimate of drug-likeness (QED) is 0.660. The molecule has 0 atom stereocenters. The predicted octanol–water partition coefficient (Wildman–Crippen LogP) is 5.30. The van der Waals surface area contributed by atoms with Gasteiger partial charge in [0.15, 0.2) is 5.78 Å². The van der Waals surface area contributed by atoms with E-state index in [1.54, 1.807) is 6.92 Å². The summed E-state index contributed by atoms with van der Waals surface area (Å²) in [4.78, 5) is 12.0. The lowest BCUT2D eigenvalue weighted by Gasteiger charge is -2.12. The van der Waals surface area contributed by atoms with Crippen molar-refractivity contribution in [1.82, 2.24) is 0 Å². The molecule has 2 heteroatoms. The Morgan fingerprint density at radius 1 is 0.773 bits per heavy atom. The summed E-state index contributed by atoms with van der Waals surface area (Å²) < 4.78 is 0. The van der Waals surface area contributed by atoms with E-state index in [2.05, 4.69) is 5.32 Å². The van der Waals surface area contributed by atoms with Crippen LogP contribution in [0.4, 0.5) is 11.4 Å². The summed E-state index contributed by atoms with van der Waals surface area (Å²) in [6.45, 7) is 1.60. The van der Waals surface area contributed by atoms with Crippen molar-refractivity contribution in [3.05, 3.63) is 84.4 Å². The SMILES string of the molecule is CC(=O)c1cc(-c2ccccc2)ccc1Nc1ccccc1. The fraction of sp³-hybridized carbons (Fsp3) is 0.0500. The van der Waals surface area contributed by atoms with Crippen LogP contribution in [0, 0.1) is 0 Å². The van der Waals surface area contributed by atoms with Crippen molar-refractivity contribution in [2.75, 3.05) is 5.32 Å². The van der Waals surface area contributed by atoms with Crippen LogP contribution >= 0.6 is 0 Å². The molecule has 3 aromatic carbocycles. The van der Waals surface area contributed by atoms with Gasteiger partial charge in [-0.15, -0.1) is 0 Å². The lowest BCUT2D eigenvalue weighted by Crippen LogP contribution is -2.00. The van der Waals surface area contributed by atoms with Crippen LogP contribution in [0.2, 0.25) is 0 Å². The zero-order valence-electron chi connectivity index (χ0n) is 12.4. The smallest absolute Gasteiger partial charge is 0.161 e. The number of para-hydroxylation sites is 1. The molecule has 0 fully saturated rings. The van der Waals surface area contributed by atoms with Gasteiger partial charge in [-0.3, -0.25) is 4.79 Å². The highest BCUT2D eigenvalue weighted by Crippen LogP contribution is 2.27. The largest absolute Gasteiger partial charge is 0.355 e. The predicted molar refractivity (Wildman–Crippen MR) is 91.6 cm³/mol. The van der Waals surface area contributed by atoms with E-state index in [4.69, 9.17) is 0 Å². The van der Waals surface area contributed by atoms with Crippen LogP contribution in [-0.4, -0.2) is 5.78 Å². The maximum atomic E-state index is 12.0. The summed E-state index contributed by atoms with van der Waals surface area (Å²) in [6.07, 6.45) is 0. The third kappa shape index (κ3) is 3.07. The van der Waals surface area contributed by atoms with Crippen LogP contribution in [0.15, 0.2) is 78.9 Å². The van der Waals surface area contributed by atoms with Crippen LogP contribution in [0.3, 0.4) is 0 Å². The summed E-state index contributed by atoms with van der Waals surface area (Å²) in [7, 11) is 0. The number of ketones is 1. The third-order valence-electron chi connectivity index (χ3n) is 3.56. The van der Waals surface area contributed by atoms with Crippen molar-refractivity contribution in [1.29, 1.82) is 0 Å². The van der Waals surface area contributed by atoms with Crippen LogP contribution in [0.5, 0.6) is 0 Å². The van der Waals surface area contributed by atoms with E-state index in [-0.39, 0.29) is 5.78 Å². The molecular weight excluding hydrogens is 270 g/mol. The number of carbonyl (C=O) groups is 1. The molecule has 0 saturated heterocycles. The molecule has 0 heterocycles. The third-order valence-corrected chi connectivity index (χ3v) is 3.56. The number of hydrogen-bond donors (Lipinski definition) is 1. The lowest BCUT2D eigenvalue weighted by atomic mass is 10.00. The van der Waals surface area contributed by atoms with E-state index < -0.39 is 0 Å². The van der Waals surface area contributed by atoms with Crippen molar-refractivity contribution in [2.45, 2.75) is 6.92 Å². The second-order valence-electron chi connectivity index (χ2n) is 5.17. The van der Waals surface area contributed by atoms with Crippen LogP contribution < -0.4 is 5.32 Å². The van der Waals surface area contributed by atoms with Gasteiger partial charge in [-0.25, -0.2) is 0 Å². The number of benzene rings is 3. The molecule has 1 N–H and O–H groups in total. The first-order valence-electron chi connectivity index (χ1n) is 7.26. The number of anilines is 2. The second kappa shape index (κ2) is 6.27.